The number of benzene rings is 1. The van der Waals surface area contributed by atoms with Gasteiger partial charge < -0.3 is 14.4 Å². The molecule has 0 aliphatic carbocycles. The van der Waals surface area contributed by atoms with Crippen LogP contribution in [0.2, 0.25) is 0 Å². The molecule has 1 aromatic heterocycles. The lowest BCUT2D eigenvalue weighted by Gasteiger charge is -2.24. The third kappa shape index (κ3) is 3.27. The van der Waals surface area contributed by atoms with Crippen molar-refractivity contribution in [1.82, 2.24) is 9.88 Å². The van der Waals surface area contributed by atoms with E-state index in [1.165, 1.54) is 0 Å². The van der Waals surface area contributed by atoms with Gasteiger partial charge in [-0.1, -0.05) is 12.1 Å². The minimum absolute atomic E-state index is 0.00398. The van der Waals surface area contributed by atoms with E-state index in [-0.39, 0.29) is 11.3 Å². The number of methoxy groups -OCH3 is 2. The van der Waals surface area contributed by atoms with Gasteiger partial charge in [-0.3, -0.25) is 9.78 Å². The van der Waals surface area contributed by atoms with Crippen molar-refractivity contribution in [2.45, 2.75) is 11.9 Å². The van der Waals surface area contributed by atoms with Crippen molar-refractivity contribution in [3.63, 3.8) is 0 Å². The fourth-order valence-corrected chi connectivity index (χ4v) is 3.77. The Labute approximate surface area is 139 Å². The van der Waals surface area contributed by atoms with Crippen molar-refractivity contribution in [2.24, 2.45) is 0 Å². The summed E-state index contributed by atoms with van der Waals surface area (Å²) in [5.41, 5.74) is 2.05. The summed E-state index contributed by atoms with van der Waals surface area (Å²) in [5, 5.41) is 0.00398. The molecule has 0 bridgehead atoms. The molecule has 6 heteroatoms. The summed E-state index contributed by atoms with van der Waals surface area (Å²) >= 11 is 1.63. The number of hydrogen-bond donors (Lipinski definition) is 0. The average Bonchev–Trinajstić information content (AvgIpc) is 2.96. The Bertz CT molecular complexity index is 693. The number of amides is 1. The normalized spacial score (nSPS) is 17.4. The first-order chi connectivity index (χ1) is 11.2. The Kier molecular flexibility index (Phi) is 4.71. The number of nitrogens with zero attached hydrogens (tertiary/aromatic N) is 2. The van der Waals surface area contributed by atoms with Crippen LogP contribution in [-0.2, 0) is 11.3 Å². The molecule has 2 heterocycles. The molecule has 1 fully saturated rings. The van der Waals surface area contributed by atoms with E-state index in [2.05, 4.69) is 4.98 Å². The number of carbonyl (C=O) groups excluding carboxylic acids is 1. The van der Waals surface area contributed by atoms with Gasteiger partial charge in [0.2, 0.25) is 5.91 Å². The second kappa shape index (κ2) is 6.91. The lowest BCUT2D eigenvalue weighted by Crippen LogP contribution is -2.27. The van der Waals surface area contributed by atoms with Crippen LogP contribution in [0, 0.1) is 0 Å². The number of aromatic nitrogens is 1. The fraction of sp³-hybridized carbons (Fsp3) is 0.294. The summed E-state index contributed by atoms with van der Waals surface area (Å²) in [4.78, 5) is 18.3. The molecule has 5 nitrogen and oxygen atoms in total. The minimum Gasteiger partial charge on any atom is -0.493 e. The van der Waals surface area contributed by atoms with Gasteiger partial charge in [0.25, 0.3) is 0 Å². The van der Waals surface area contributed by atoms with Crippen LogP contribution in [0.5, 0.6) is 11.5 Å². The molecule has 0 saturated carbocycles. The molecule has 1 aromatic carbocycles. The van der Waals surface area contributed by atoms with Gasteiger partial charge >= 0.3 is 0 Å². The number of hydrogen-bond acceptors (Lipinski definition) is 5. The Morgan fingerprint density at radius 2 is 2.09 bits per heavy atom. The molecular weight excluding hydrogens is 312 g/mol. The maximum Gasteiger partial charge on any atom is 0.234 e. The van der Waals surface area contributed by atoms with Gasteiger partial charge in [0, 0.05) is 24.5 Å². The zero-order valence-corrected chi connectivity index (χ0v) is 13.9. The Morgan fingerprint density at radius 3 is 2.78 bits per heavy atom. The minimum atomic E-state index is 0.00398. The number of carbonyl (C=O) groups is 1. The van der Waals surface area contributed by atoms with Gasteiger partial charge in [0.1, 0.15) is 5.37 Å². The molecule has 1 aliphatic rings. The number of thioether (sulfide) groups is 1. The molecule has 0 N–H and O–H groups in total. The second-order valence-electron chi connectivity index (χ2n) is 5.16. The third-order valence-electron chi connectivity index (χ3n) is 3.74. The summed E-state index contributed by atoms with van der Waals surface area (Å²) in [5.74, 6) is 1.98. The van der Waals surface area contributed by atoms with E-state index >= 15 is 0 Å². The first kappa shape index (κ1) is 15.7. The number of pyridine rings is 1. The van der Waals surface area contributed by atoms with E-state index in [1.807, 2.05) is 41.4 Å². The number of ether oxygens (including phenoxy) is 2. The van der Waals surface area contributed by atoms with Crippen LogP contribution in [0.3, 0.4) is 0 Å². The van der Waals surface area contributed by atoms with E-state index < -0.39 is 0 Å². The molecule has 3 rings (SSSR count). The standard InChI is InChI=1S/C17H18N2O3S/c1-21-14-6-5-12(8-15(14)22-2)10-19-16(20)11-23-17(19)13-4-3-7-18-9-13/h3-9,17H,10-11H2,1-2H3. The third-order valence-corrected chi connectivity index (χ3v) is 4.99. The Morgan fingerprint density at radius 1 is 1.26 bits per heavy atom. The van der Waals surface area contributed by atoms with Gasteiger partial charge in [-0.05, 0) is 23.8 Å². The first-order valence-electron chi connectivity index (χ1n) is 7.25. The van der Waals surface area contributed by atoms with E-state index in [4.69, 9.17) is 9.47 Å². The van der Waals surface area contributed by atoms with Crippen LogP contribution in [-0.4, -0.2) is 35.8 Å². The van der Waals surface area contributed by atoms with Crippen molar-refractivity contribution < 1.29 is 14.3 Å². The summed E-state index contributed by atoms with van der Waals surface area (Å²) in [6.45, 7) is 0.533. The highest BCUT2D eigenvalue weighted by Gasteiger charge is 2.32. The lowest BCUT2D eigenvalue weighted by molar-refractivity contribution is -0.128. The monoisotopic (exact) mass is 330 g/mol. The average molecular weight is 330 g/mol. The summed E-state index contributed by atoms with van der Waals surface area (Å²) < 4.78 is 10.6. The van der Waals surface area contributed by atoms with Crippen molar-refractivity contribution in [3.8, 4) is 11.5 Å². The van der Waals surface area contributed by atoms with Crippen molar-refractivity contribution in [2.75, 3.05) is 20.0 Å². The molecule has 1 unspecified atom stereocenters. The molecule has 2 aromatic rings. The fourth-order valence-electron chi connectivity index (χ4n) is 2.60. The lowest BCUT2D eigenvalue weighted by atomic mass is 10.1. The topological polar surface area (TPSA) is 51.7 Å². The molecule has 120 valence electrons. The quantitative estimate of drug-likeness (QED) is 0.844. The summed E-state index contributed by atoms with van der Waals surface area (Å²) in [6, 6.07) is 9.63. The van der Waals surface area contributed by atoms with E-state index in [1.54, 1.807) is 32.2 Å². The maximum atomic E-state index is 12.3. The SMILES string of the molecule is COc1ccc(CN2C(=O)CSC2c2cccnc2)cc1OC. The Hall–Kier alpha value is -2.21. The van der Waals surface area contributed by atoms with Crippen LogP contribution >= 0.6 is 11.8 Å². The highest BCUT2D eigenvalue weighted by Crippen LogP contribution is 2.39. The Balaban J connectivity index is 1.84. The molecule has 0 spiro atoms. The van der Waals surface area contributed by atoms with E-state index in [9.17, 15) is 4.79 Å². The predicted molar refractivity (Wildman–Crippen MR) is 89.5 cm³/mol. The van der Waals surface area contributed by atoms with Crippen LogP contribution in [0.15, 0.2) is 42.7 Å². The first-order valence-corrected chi connectivity index (χ1v) is 8.29. The van der Waals surface area contributed by atoms with E-state index in [0.29, 0.717) is 23.8 Å². The smallest absolute Gasteiger partial charge is 0.234 e. The zero-order chi connectivity index (χ0) is 16.2. The molecule has 23 heavy (non-hydrogen) atoms. The van der Waals surface area contributed by atoms with Crippen molar-refractivity contribution >= 4 is 17.7 Å². The van der Waals surface area contributed by atoms with Crippen molar-refractivity contribution in [3.05, 3.63) is 53.9 Å². The van der Waals surface area contributed by atoms with Gasteiger partial charge in [-0.25, -0.2) is 0 Å². The molecule has 1 aliphatic heterocycles. The molecule has 0 radical (unpaired) electrons. The second-order valence-corrected chi connectivity index (χ2v) is 6.23. The van der Waals surface area contributed by atoms with Gasteiger partial charge in [-0.2, -0.15) is 0 Å². The van der Waals surface area contributed by atoms with Gasteiger partial charge in [-0.15, -0.1) is 11.8 Å². The van der Waals surface area contributed by atoms with Crippen LogP contribution in [0.1, 0.15) is 16.5 Å². The van der Waals surface area contributed by atoms with Crippen molar-refractivity contribution in [1.29, 1.82) is 0 Å². The van der Waals surface area contributed by atoms with Crippen LogP contribution in [0.4, 0.5) is 0 Å². The molecular formula is C17H18N2O3S. The largest absolute Gasteiger partial charge is 0.493 e. The number of rotatable bonds is 5. The van der Waals surface area contributed by atoms with Crippen LogP contribution < -0.4 is 9.47 Å². The maximum absolute atomic E-state index is 12.3. The van der Waals surface area contributed by atoms with Gasteiger partial charge in [0.05, 0.1) is 20.0 Å². The zero-order valence-electron chi connectivity index (χ0n) is 13.1. The summed E-state index contributed by atoms with van der Waals surface area (Å²) in [7, 11) is 3.22. The van der Waals surface area contributed by atoms with E-state index in [0.717, 1.165) is 11.1 Å². The predicted octanol–water partition coefficient (Wildman–Crippen LogP) is 2.87. The van der Waals surface area contributed by atoms with Gasteiger partial charge in [0.15, 0.2) is 11.5 Å². The highest BCUT2D eigenvalue weighted by molar-refractivity contribution is 8.00. The molecule has 1 amide bonds. The molecule has 1 saturated heterocycles. The molecule has 1 atom stereocenters. The summed E-state index contributed by atoms with van der Waals surface area (Å²) in [6.07, 6.45) is 3.56. The van der Waals surface area contributed by atoms with Crippen LogP contribution in [0.25, 0.3) is 0 Å². The highest BCUT2D eigenvalue weighted by atomic mass is 32.2.